The molecule has 4 aromatic carbocycles. The number of amidine groups is 1. The van der Waals surface area contributed by atoms with Crippen LogP contribution in [0.3, 0.4) is 0 Å². The summed E-state index contributed by atoms with van der Waals surface area (Å²) in [6.07, 6.45) is 9.04. The highest BCUT2D eigenvalue weighted by molar-refractivity contribution is 6.01. The summed E-state index contributed by atoms with van der Waals surface area (Å²) in [5.41, 5.74) is 8.87. The van der Waals surface area contributed by atoms with Gasteiger partial charge in [-0.15, -0.1) is 0 Å². The van der Waals surface area contributed by atoms with Crippen LogP contribution in [0.1, 0.15) is 47.4 Å². The summed E-state index contributed by atoms with van der Waals surface area (Å²) in [6, 6.07) is 39.1. The minimum Gasteiger partial charge on any atom is -0.261 e. The van der Waals surface area contributed by atoms with E-state index in [1.165, 1.54) is 33.4 Å². The normalized spacial score (nSPS) is 22.1. The average molecular weight is 466 g/mol. The van der Waals surface area contributed by atoms with E-state index in [2.05, 4.69) is 137 Å². The molecule has 7 rings (SSSR count). The standard InChI is InChI=1S/C33H27N3/c1-4-12-24(13-5-1)27-18-10-19-28(22-27)29-20-11-21-30(23-29)32-34-31(25-14-6-2-7-15-25)35-33(36(32)35)26-16-8-3-9-17-26/h1-4,6-12,14-23,32-33H,5,13H2. The van der Waals surface area contributed by atoms with Crippen molar-refractivity contribution in [3.05, 3.63) is 150 Å². The predicted molar refractivity (Wildman–Crippen MR) is 147 cm³/mol. The molecule has 1 fully saturated rings. The maximum atomic E-state index is 5.21. The monoisotopic (exact) mass is 465 g/mol. The van der Waals surface area contributed by atoms with Crippen molar-refractivity contribution < 1.29 is 0 Å². The van der Waals surface area contributed by atoms with Gasteiger partial charge < -0.3 is 0 Å². The Morgan fingerprint density at radius 2 is 1.31 bits per heavy atom. The number of hydrazine groups is 1. The molecule has 0 amide bonds. The van der Waals surface area contributed by atoms with Gasteiger partial charge >= 0.3 is 0 Å². The van der Waals surface area contributed by atoms with E-state index >= 15 is 0 Å². The van der Waals surface area contributed by atoms with Crippen LogP contribution in [0.15, 0.2) is 132 Å². The van der Waals surface area contributed by atoms with Gasteiger partial charge in [0.1, 0.15) is 18.2 Å². The molecular formula is C33H27N3. The van der Waals surface area contributed by atoms with E-state index in [1.807, 2.05) is 0 Å². The topological polar surface area (TPSA) is 18.4 Å². The first-order valence-corrected chi connectivity index (χ1v) is 12.7. The molecule has 3 nitrogen and oxygen atoms in total. The Labute approximate surface area is 212 Å². The molecule has 0 N–H and O–H groups in total. The van der Waals surface area contributed by atoms with E-state index in [-0.39, 0.29) is 12.3 Å². The van der Waals surface area contributed by atoms with Crippen molar-refractivity contribution in [2.24, 2.45) is 4.99 Å². The average Bonchev–Trinajstić information content (AvgIpc) is 3.57. The van der Waals surface area contributed by atoms with Crippen molar-refractivity contribution in [3.63, 3.8) is 0 Å². The van der Waals surface area contributed by atoms with Crippen molar-refractivity contribution in [2.75, 3.05) is 0 Å². The molecule has 0 aromatic heterocycles. The van der Waals surface area contributed by atoms with Gasteiger partial charge in [-0.1, -0.05) is 115 Å². The quantitative estimate of drug-likeness (QED) is 0.280. The first kappa shape index (κ1) is 21.1. The van der Waals surface area contributed by atoms with E-state index in [4.69, 9.17) is 4.99 Å². The van der Waals surface area contributed by atoms with E-state index in [1.54, 1.807) is 0 Å². The fraction of sp³-hybridized carbons (Fsp3) is 0.121. The smallest absolute Gasteiger partial charge is 0.150 e. The van der Waals surface area contributed by atoms with Gasteiger partial charge in [0.05, 0.1) is 0 Å². The number of nitrogens with zero attached hydrogens (tertiary/aromatic N) is 3. The van der Waals surface area contributed by atoms with Gasteiger partial charge in [-0.2, -0.15) is 5.01 Å². The molecule has 0 bridgehead atoms. The van der Waals surface area contributed by atoms with Gasteiger partial charge in [0.2, 0.25) is 0 Å². The molecule has 3 unspecified atom stereocenters. The molecule has 3 heteroatoms. The molecule has 0 saturated carbocycles. The Bertz CT molecular complexity index is 1500. The first-order chi connectivity index (χ1) is 17.9. The predicted octanol–water partition coefficient (Wildman–Crippen LogP) is 7.78. The summed E-state index contributed by atoms with van der Waals surface area (Å²) in [6.45, 7) is 0. The summed E-state index contributed by atoms with van der Waals surface area (Å²) >= 11 is 0. The molecule has 1 aliphatic carbocycles. The number of fused-ring (bicyclic) bond motifs is 1. The molecule has 0 radical (unpaired) electrons. The van der Waals surface area contributed by atoms with Crippen LogP contribution in [-0.2, 0) is 0 Å². The molecule has 4 aromatic rings. The van der Waals surface area contributed by atoms with Crippen LogP contribution in [0.4, 0.5) is 0 Å². The molecular weight excluding hydrogens is 438 g/mol. The van der Waals surface area contributed by atoms with Gasteiger partial charge in [0.25, 0.3) is 0 Å². The van der Waals surface area contributed by atoms with Crippen LogP contribution < -0.4 is 0 Å². The number of rotatable bonds is 5. The van der Waals surface area contributed by atoms with Gasteiger partial charge in [0.15, 0.2) is 0 Å². The van der Waals surface area contributed by atoms with Gasteiger partial charge in [-0.25, -0.2) is 4.99 Å². The Morgan fingerprint density at radius 3 is 2.08 bits per heavy atom. The highest BCUT2D eigenvalue weighted by Gasteiger charge is 2.57. The molecule has 3 aliphatic rings. The molecule has 3 atom stereocenters. The van der Waals surface area contributed by atoms with Crippen molar-refractivity contribution >= 4 is 11.4 Å². The third kappa shape index (κ3) is 3.69. The SMILES string of the molecule is C1=CCCC(c2cccc(-c3cccc(C4N=C(c5ccccc5)N5C(c6ccccc6)N45)c3)c2)=C1. The van der Waals surface area contributed by atoms with E-state index in [9.17, 15) is 0 Å². The van der Waals surface area contributed by atoms with Crippen LogP contribution in [0.25, 0.3) is 16.7 Å². The lowest BCUT2D eigenvalue weighted by atomic mass is 9.94. The molecule has 2 aliphatic heterocycles. The Balaban J connectivity index is 1.26. The zero-order chi connectivity index (χ0) is 23.9. The largest absolute Gasteiger partial charge is 0.261 e. The highest BCUT2D eigenvalue weighted by Crippen LogP contribution is 2.54. The number of aliphatic imine (C=N–C) groups is 1. The highest BCUT2D eigenvalue weighted by atomic mass is 15.9. The Kier molecular flexibility index (Phi) is 5.15. The second kappa shape index (κ2) is 8.78. The van der Waals surface area contributed by atoms with Crippen LogP contribution in [-0.4, -0.2) is 15.9 Å². The zero-order valence-corrected chi connectivity index (χ0v) is 20.0. The van der Waals surface area contributed by atoms with E-state index in [0.717, 1.165) is 24.2 Å². The van der Waals surface area contributed by atoms with Crippen LogP contribution in [0.2, 0.25) is 0 Å². The fourth-order valence-electron chi connectivity index (χ4n) is 5.46. The number of benzene rings is 4. The molecule has 0 spiro atoms. The number of hydrogen-bond donors (Lipinski definition) is 0. The fourth-order valence-corrected chi connectivity index (χ4v) is 5.46. The zero-order valence-electron chi connectivity index (χ0n) is 20.0. The summed E-state index contributed by atoms with van der Waals surface area (Å²) in [5, 5.41) is 4.73. The summed E-state index contributed by atoms with van der Waals surface area (Å²) in [5.74, 6) is 1.04. The second-order valence-electron chi connectivity index (χ2n) is 9.57. The lowest BCUT2D eigenvalue weighted by Crippen LogP contribution is -2.11. The van der Waals surface area contributed by atoms with Crippen molar-refractivity contribution in [3.8, 4) is 11.1 Å². The minimum absolute atomic E-state index is 0.0419. The lowest BCUT2D eigenvalue weighted by molar-refractivity contribution is 0.341. The van der Waals surface area contributed by atoms with Crippen molar-refractivity contribution in [1.82, 2.24) is 10.0 Å². The van der Waals surface area contributed by atoms with Crippen LogP contribution in [0.5, 0.6) is 0 Å². The maximum absolute atomic E-state index is 5.21. The second-order valence-corrected chi connectivity index (χ2v) is 9.57. The summed E-state index contributed by atoms with van der Waals surface area (Å²) in [4.78, 5) is 5.21. The summed E-state index contributed by atoms with van der Waals surface area (Å²) in [7, 11) is 0. The van der Waals surface area contributed by atoms with Gasteiger partial charge in [-0.3, -0.25) is 5.01 Å². The minimum atomic E-state index is -0.0419. The molecule has 1 saturated heterocycles. The number of hydrogen-bond acceptors (Lipinski definition) is 3. The third-order valence-corrected chi connectivity index (χ3v) is 7.28. The van der Waals surface area contributed by atoms with Gasteiger partial charge in [-0.05, 0) is 58.4 Å². The summed E-state index contributed by atoms with van der Waals surface area (Å²) < 4.78 is 0. The van der Waals surface area contributed by atoms with Crippen LogP contribution >= 0.6 is 0 Å². The van der Waals surface area contributed by atoms with Crippen molar-refractivity contribution in [1.29, 1.82) is 0 Å². The van der Waals surface area contributed by atoms with E-state index in [0.29, 0.717) is 0 Å². The molecule has 174 valence electrons. The lowest BCUT2D eigenvalue weighted by Gasteiger charge is -2.14. The maximum Gasteiger partial charge on any atom is 0.150 e. The van der Waals surface area contributed by atoms with E-state index < -0.39 is 0 Å². The number of allylic oxidation sites excluding steroid dienone is 4. The van der Waals surface area contributed by atoms with Crippen molar-refractivity contribution in [2.45, 2.75) is 25.2 Å². The van der Waals surface area contributed by atoms with Gasteiger partial charge in [0, 0.05) is 5.56 Å². The first-order valence-electron chi connectivity index (χ1n) is 12.7. The molecule has 36 heavy (non-hydrogen) atoms. The Hall–Kier alpha value is -4.21. The Morgan fingerprint density at radius 1 is 0.639 bits per heavy atom. The van der Waals surface area contributed by atoms with Crippen LogP contribution in [0, 0.1) is 0 Å². The molecule has 2 heterocycles. The third-order valence-electron chi connectivity index (χ3n) is 7.28.